The normalized spacial score (nSPS) is 11.1. The van der Waals surface area contributed by atoms with Crippen LogP contribution in [0.5, 0.6) is 0 Å². The van der Waals surface area contributed by atoms with E-state index in [1.54, 1.807) is 12.1 Å². The van der Waals surface area contributed by atoms with E-state index >= 15 is 0 Å². The molecule has 2 aromatic heterocycles. The summed E-state index contributed by atoms with van der Waals surface area (Å²) in [6.45, 7) is 0. The van der Waals surface area contributed by atoms with Gasteiger partial charge in [0, 0.05) is 35.0 Å². The highest BCUT2D eigenvalue weighted by Gasteiger charge is 2.17. The Kier molecular flexibility index (Phi) is 3.49. The minimum absolute atomic E-state index is 0.347. The highest BCUT2D eigenvalue weighted by molar-refractivity contribution is 5.76. The van der Waals surface area contributed by atoms with E-state index in [0.29, 0.717) is 11.2 Å². The molecule has 0 N–H and O–H groups in total. The van der Waals surface area contributed by atoms with Crippen LogP contribution in [0.15, 0.2) is 79.1 Å². The van der Waals surface area contributed by atoms with Crippen LogP contribution in [0.3, 0.4) is 0 Å². The van der Waals surface area contributed by atoms with Crippen molar-refractivity contribution >= 4 is 21.9 Å². The molecule has 0 radical (unpaired) electrons. The number of halogens is 1. The summed E-state index contributed by atoms with van der Waals surface area (Å²) in [5.74, 6) is 0. The highest BCUT2D eigenvalue weighted by atomic mass is 127. The zero-order valence-corrected chi connectivity index (χ0v) is 13.9. The van der Waals surface area contributed by atoms with Crippen molar-refractivity contribution in [3.63, 3.8) is 0 Å². The van der Waals surface area contributed by atoms with Gasteiger partial charge in [-0.3, -0.25) is 0 Å². The highest BCUT2D eigenvalue weighted by Crippen LogP contribution is 2.11. The molecule has 0 aliphatic carbocycles. The van der Waals surface area contributed by atoms with Crippen LogP contribution in [0.4, 0.5) is 0 Å². The molecule has 0 atom stereocenters. The Bertz CT molecular complexity index is 1050. The topological polar surface area (TPSA) is 60.4 Å². The van der Waals surface area contributed by atoms with Crippen LogP contribution in [0.1, 0.15) is 0 Å². The van der Waals surface area contributed by atoms with E-state index in [1.807, 2.05) is 36.4 Å². The molecule has 4 rings (SSSR count). The summed E-state index contributed by atoms with van der Waals surface area (Å²) in [7, 11) is 0. The van der Waals surface area contributed by atoms with Crippen molar-refractivity contribution in [1.29, 1.82) is 0 Å². The fourth-order valence-electron chi connectivity index (χ4n) is 2.31. The van der Waals surface area contributed by atoms with Crippen LogP contribution in [-0.2, 0) is 0 Å². The monoisotopic (exact) mass is 417 g/mol. The Morgan fingerprint density at radius 1 is 0.609 bits per heavy atom. The summed E-state index contributed by atoms with van der Waals surface area (Å²) >= 11 is -0.465. The Balaban J connectivity index is 1.74. The molecule has 0 spiro atoms. The molecule has 0 aliphatic heterocycles. The largest absolute Gasteiger partial charge is 0.423 e. The van der Waals surface area contributed by atoms with E-state index in [2.05, 4.69) is 0 Å². The summed E-state index contributed by atoms with van der Waals surface area (Å²) < 4.78 is 12.7. The fourth-order valence-corrected chi connectivity index (χ4v) is 4.63. The third-order valence-electron chi connectivity index (χ3n) is 3.39. The lowest BCUT2D eigenvalue weighted by molar-refractivity contribution is -0.597. The number of fused-ring (bicyclic) bond motifs is 2. The molecule has 4 nitrogen and oxygen atoms in total. The Morgan fingerprint density at radius 3 is 1.52 bits per heavy atom. The van der Waals surface area contributed by atoms with Crippen molar-refractivity contribution in [2.75, 3.05) is 0 Å². The third-order valence-corrected chi connectivity index (χ3v) is 5.98. The minimum atomic E-state index is -0.465. The Morgan fingerprint density at radius 2 is 1.04 bits per heavy atom. The van der Waals surface area contributed by atoms with Gasteiger partial charge >= 0.3 is 32.5 Å². The maximum Gasteiger partial charge on any atom is 0.358 e. The van der Waals surface area contributed by atoms with E-state index in [9.17, 15) is 9.59 Å². The maximum atomic E-state index is 11.3. The van der Waals surface area contributed by atoms with E-state index in [0.717, 1.165) is 17.9 Å². The van der Waals surface area contributed by atoms with Crippen LogP contribution >= 0.6 is 0 Å². The first-order valence-corrected chi connectivity index (χ1v) is 9.06. The smallest absolute Gasteiger partial charge is 0.358 e. The van der Waals surface area contributed by atoms with Crippen LogP contribution in [0, 0.1) is 7.14 Å². The average molecular weight is 417 g/mol. The molecular weight excluding hydrogens is 407 g/mol. The second-order valence-electron chi connectivity index (χ2n) is 4.97. The first kappa shape index (κ1) is 14.2. The van der Waals surface area contributed by atoms with Crippen LogP contribution in [-0.4, -0.2) is 0 Å². The van der Waals surface area contributed by atoms with Gasteiger partial charge in [0.25, 0.3) is 0 Å². The molecule has 0 bridgehead atoms. The van der Waals surface area contributed by atoms with Crippen LogP contribution in [0.2, 0.25) is 0 Å². The second kappa shape index (κ2) is 5.66. The standard InChI is InChI=1S/C18H10IO4/c20-17-7-3-11-1-5-13(9-15(11)22-17)19-14-6-2-12-4-8-18(21)23-16(12)10-14/h1-10H/q+1. The Labute approximate surface area is 140 Å². The zero-order valence-electron chi connectivity index (χ0n) is 11.8. The lowest BCUT2D eigenvalue weighted by atomic mass is 10.2. The lowest BCUT2D eigenvalue weighted by Crippen LogP contribution is -3.61. The molecule has 23 heavy (non-hydrogen) atoms. The van der Waals surface area contributed by atoms with Gasteiger partial charge in [0.2, 0.25) is 0 Å². The molecule has 0 unspecified atom stereocenters. The molecule has 4 aromatic rings. The lowest BCUT2D eigenvalue weighted by Gasteiger charge is -1.95. The number of benzene rings is 2. The second-order valence-corrected chi connectivity index (χ2v) is 8.00. The van der Waals surface area contributed by atoms with E-state index in [4.69, 9.17) is 8.83 Å². The molecule has 2 aromatic carbocycles. The summed E-state index contributed by atoms with van der Waals surface area (Å²) in [5.41, 5.74) is 0.504. The molecule has 112 valence electrons. The predicted octanol–water partition coefficient (Wildman–Crippen LogP) is 0.0278. The molecule has 0 aliphatic rings. The number of rotatable bonds is 2. The SMILES string of the molecule is O=c1ccc2ccc([I+]c3ccc4ccc(=O)oc4c3)cc2o1. The van der Waals surface area contributed by atoms with Crippen molar-refractivity contribution < 1.29 is 30.0 Å². The van der Waals surface area contributed by atoms with Gasteiger partial charge < -0.3 is 8.83 Å². The van der Waals surface area contributed by atoms with Gasteiger partial charge in [-0.05, 0) is 36.4 Å². The molecule has 2 heterocycles. The number of hydrogen-bond acceptors (Lipinski definition) is 4. The molecule has 0 saturated heterocycles. The van der Waals surface area contributed by atoms with Gasteiger partial charge in [-0.15, -0.1) is 0 Å². The van der Waals surface area contributed by atoms with Crippen molar-refractivity contribution in [3.8, 4) is 0 Å². The molecular formula is C18H10IO4+. The van der Waals surface area contributed by atoms with Gasteiger partial charge in [0.15, 0.2) is 7.14 Å². The third kappa shape index (κ3) is 2.92. The predicted molar refractivity (Wildman–Crippen MR) is 82.4 cm³/mol. The van der Waals surface area contributed by atoms with Crippen molar-refractivity contribution in [1.82, 2.24) is 0 Å². The van der Waals surface area contributed by atoms with Gasteiger partial charge in [-0.1, -0.05) is 0 Å². The van der Waals surface area contributed by atoms with E-state index < -0.39 is 21.2 Å². The molecule has 0 fully saturated rings. The van der Waals surface area contributed by atoms with Gasteiger partial charge in [0.1, 0.15) is 11.2 Å². The first-order chi connectivity index (χ1) is 11.2. The van der Waals surface area contributed by atoms with E-state index in [1.165, 1.54) is 12.1 Å². The quantitative estimate of drug-likeness (QED) is 0.341. The van der Waals surface area contributed by atoms with Crippen molar-refractivity contribution in [2.24, 2.45) is 0 Å². The first-order valence-electron chi connectivity index (χ1n) is 6.90. The van der Waals surface area contributed by atoms with Crippen LogP contribution < -0.4 is 32.5 Å². The summed E-state index contributed by atoms with van der Waals surface area (Å²) in [5, 5.41) is 1.81. The van der Waals surface area contributed by atoms with Gasteiger partial charge in [-0.25, -0.2) is 9.59 Å². The fraction of sp³-hybridized carbons (Fsp3) is 0. The summed E-state index contributed by atoms with van der Waals surface area (Å²) in [4.78, 5) is 22.7. The number of hydrogen-bond donors (Lipinski definition) is 0. The molecule has 5 heteroatoms. The average Bonchev–Trinajstić information content (AvgIpc) is 2.54. The van der Waals surface area contributed by atoms with Crippen LogP contribution in [0.25, 0.3) is 21.9 Å². The summed E-state index contributed by atoms with van der Waals surface area (Å²) in [6.07, 6.45) is 0. The van der Waals surface area contributed by atoms with Crippen molar-refractivity contribution in [2.45, 2.75) is 0 Å². The van der Waals surface area contributed by atoms with E-state index in [-0.39, 0.29) is 11.3 Å². The molecule has 0 saturated carbocycles. The zero-order chi connectivity index (χ0) is 15.8. The minimum Gasteiger partial charge on any atom is -0.423 e. The Hall–Kier alpha value is -2.41. The molecule has 0 amide bonds. The van der Waals surface area contributed by atoms with Gasteiger partial charge in [0.05, 0.1) is 0 Å². The summed E-state index contributed by atoms with van der Waals surface area (Å²) in [6, 6.07) is 18.2. The van der Waals surface area contributed by atoms with Crippen molar-refractivity contribution in [3.05, 3.63) is 88.6 Å². The maximum absolute atomic E-state index is 11.3. The van der Waals surface area contributed by atoms with Gasteiger partial charge in [-0.2, -0.15) is 0 Å².